The van der Waals surface area contributed by atoms with Gasteiger partial charge in [-0.05, 0) is 41.1 Å². The molecule has 1 amide bonds. The summed E-state index contributed by atoms with van der Waals surface area (Å²) in [7, 11) is -3.15. The molecule has 0 saturated carbocycles. The van der Waals surface area contributed by atoms with Crippen LogP contribution < -0.4 is 5.32 Å². The monoisotopic (exact) mass is 420 g/mol. The number of carbonyl (C=O) groups excluding carboxylic acids is 1. The van der Waals surface area contributed by atoms with Crippen LogP contribution in [-0.4, -0.2) is 53.7 Å². The molecular weight excluding hydrogens is 396 g/mol. The number of aromatic nitrogens is 2. The molecule has 1 aliphatic rings. The molecule has 1 fully saturated rings. The first kappa shape index (κ1) is 19.4. The average molecular weight is 421 g/mol. The number of nitrogens with one attached hydrogen (secondary N) is 2. The molecule has 0 aliphatic carbocycles. The lowest BCUT2D eigenvalue weighted by molar-refractivity contribution is 0.0918. The molecule has 0 radical (unpaired) electrons. The van der Waals surface area contributed by atoms with Gasteiger partial charge in [0.25, 0.3) is 5.91 Å². The number of rotatable bonds is 6. The van der Waals surface area contributed by atoms with Crippen LogP contribution in [0.1, 0.15) is 62.1 Å². The highest BCUT2D eigenvalue weighted by molar-refractivity contribution is 9.10. The molecule has 2 heterocycles. The summed E-state index contributed by atoms with van der Waals surface area (Å²) in [5, 5.41) is 9.94. The first-order valence-corrected chi connectivity index (χ1v) is 10.7. The van der Waals surface area contributed by atoms with Crippen molar-refractivity contribution in [2.45, 2.75) is 52.0 Å². The van der Waals surface area contributed by atoms with Crippen LogP contribution in [0.2, 0.25) is 0 Å². The van der Waals surface area contributed by atoms with Crippen LogP contribution in [0.15, 0.2) is 4.47 Å². The van der Waals surface area contributed by atoms with E-state index in [0.717, 1.165) is 5.69 Å². The molecule has 0 bridgehead atoms. The van der Waals surface area contributed by atoms with Gasteiger partial charge in [0.1, 0.15) is 0 Å². The number of halogens is 1. The van der Waals surface area contributed by atoms with Gasteiger partial charge < -0.3 is 5.32 Å². The number of nitrogens with zero attached hydrogens (tertiary/aromatic N) is 2. The van der Waals surface area contributed by atoms with Crippen LogP contribution >= 0.6 is 15.9 Å². The van der Waals surface area contributed by atoms with Crippen molar-refractivity contribution in [3.8, 4) is 0 Å². The Morgan fingerprint density at radius 3 is 2.54 bits per heavy atom. The van der Waals surface area contributed by atoms with Gasteiger partial charge in [-0.25, -0.2) is 12.7 Å². The molecule has 0 unspecified atom stereocenters. The van der Waals surface area contributed by atoms with Gasteiger partial charge in [-0.2, -0.15) is 5.10 Å². The minimum absolute atomic E-state index is 0.0309. The first-order chi connectivity index (χ1) is 11.3. The topological polar surface area (TPSA) is 95.2 Å². The summed E-state index contributed by atoms with van der Waals surface area (Å²) >= 11 is 3.43. The van der Waals surface area contributed by atoms with Crippen LogP contribution in [0.5, 0.6) is 0 Å². The van der Waals surface area contributed by atoms with Gasteiger partial charge >= 0.3 is 0 Å². The van der Waals surface area contributed by atoms with Crippen molar-refractivity contribution >= 4 is 31.9 Å². The van der Waals surface area contributed by atoms with E-state index in [1.807, 2.05) is 20.8 Å². The highest BCUT2D eigenvalue weighted by Gasteiger charge is 2.29. The Bertz CT molecular complexity index is 679. The van der Waals surface area contributed by atoms with Crippen molar-refractivity contribution < 1.29 is 13.2 Å². The minimum Gasteiger partial charge on any atom is -0.348 e. The number of hydrogen-bond donors (Lipinski definition) is 2. The standard InChI is InChI=1S/C15H25BrN4O3S/c1-4-9-24(22,23)20-7-5-11(6-8-20)17-15(21)14-12(16)13(10(2)3)18-19-14/h10-11H,4-9H2,1-3H3,(H,17,21)(H,18,19). The van der Waals surface area contributed by atoms with Gasteiger partial charge in [0, 0.05) is 19.1 Å². The molecule has 1 aliphatic heterocycles. The van der Waals surface area contributed by atoms with Crippen molar-refractivity contribution in [3.63, 3.8) is 0 Å². The Labute approximate surface area is 151 Å². The van der Waals surface area contributed by atoms with E-state index < -0.39 is 10.0 Å². The number of H-pyrrole nitrogens is 1. The van der Waals surface area contributed by atoms with E-state index in [-0.39, 0.29) is 23.6 Å². The van der Waals surface area contributed by atoms with Crippen LogP contribution in [-0.2, 0) is 10.0 Å². The Balaban J connectivity index is 1.93. The summed E-state index contributed by atoms with van der Waals surface area (Å²) in [6.07, 6.45) is 1.85. The number of carbonyl (C=O) groups is 1. The van der Waals surface area contributed by atoms with Crippen molar-refractivity contribution in [1.29, 1.82) is 0 Å². The van der Waals surface area contributed by atoms with Gasteiger partial charge in [-0.3, -0.25) is 9.89 Å². The molecule has 2 rings (SSSR count). The zero-order valence-corrected chi connectivity index (χ0v) is 16.7. The normalized spacial score (nSPS) is 17.4. The molecular formula is C15H25BrN4O3S. The SMILES string of the molecule is CCCS(=O)(=O)N1CCC(NC(=O)c2n[nH]c(C(C)C)c2Br)CC1. The lowest BCUT2D eigenvalue weighted by atomic mass is 10.1. The number of piperidine rings is 1. The Morgan fingerprint density at radius 2 is 2.04 bits per heavy atom. The third kappa shape index (κ3) is 4.37. The Kier molecular flexibility index (Phi) is 6.44. The molecule has 0 spiro atoms. The lowest BCUT2D eigenvalue weighted by Crippen LogP contribution is -2.47. The van der Waals surface area contributed by atoms with E-state index >= 15 is 0 Å². The maximum Gasteiger partial charge on any atom is 0.273 e. The quantitative estimate of drug-likeness (QED) is 0.737. The third-order valence-corrected chi connectivity index (χ3v) is 7.05. The molecule has 24 heavy (non-hydrogen) atoms. The molecule has 1 aromatic rings. The van der Waals surface area contributed by atoms with Crippen LogP contribution in [0.25, 0.3) is 0 Å². The summed E-state index contributed by atoms with van der Waals surface area (Å²) in [5.74, 6) is 0.183. The summed E-state index contributed by atoms with van der Waals surface area (Å²) in [6, 6.07) is -0.0309. The van der Waals surface area contributed by atoms with Gasteiger partial charge in [0.2, 0.25) is 10.0 Å². The third-order valence-electron chi connectivity index (χ3n) is 4.17. The van der Waals surface area contributed by atoms with Crippen LogP contribution in [0, 0.1) is 0 Å². The van der Waals surface area contributed by atoms with Crippen LogP contribution in [0.4, 0.5) is 0 Å². The highest BCUT2D eigenvalue weighted by Crippen LogP contribution is 2.25. The number of sulfonamides is 1. The molecule has 0 aromatic carbocycles. The summed E-state index contributed by atoms with van der Waals surface area (Å²) in [6.45, 7) is 6.80. The van der Waals surface area contributed by atoms with E-state index in [0.29, 0.717) is 42.5 Å². The first-order valence-electron chi connectivity index (χ1n) is 8.28. The maximum absolute atomic E-state index is 12.4. The summed E-state index contributed by atoms with van der Waals surface area (Å²) < 4.78 is 26.4. The zero-order valence-electron chi connectivity index (χ0n) is 14.3. The fourth-order valence-corrected chi connectivity index (χ4v) is 5.15. The second-order valence-electron chi connectivity index (χ2n) is 6.42. The van der Waals surface area contributed by atoms with Gasteiger partial charge in [-0.1, -0.05) is 20.8 Å². The number of aromatic amines is 1. The van der Waals surface area contributed by atoms with Gasteiger partial charge in [0.05, 0.1) is 15.9 Å². The van der Waals surface area contributed by atoms with Crippen LogP contribution in [0.3, 0.4) is 0 Å². The van der Waals surface area contributed by atoms with Gasteiger partial charge in [0.15, 0.2) is 5.69 Å². The van der Waals surface area contributed by atoms with E-state index in [1.165, 1.54) is 4.31 Å². The lowest BCUT2D eigenvalue weighted by Gasteiger charge is -2.31. The molecule has 1 aromatic heterocycles. The van der Waals surface area contributed by atoms with Gasteiger partial charge in [-0.15, -0.1) is 0 Å². The Hall–Kier alpha value is -0.930. The number of hydrogen-bond acceptors (Lipinski definition) is 4. The molecule has 0 atom stereocenters. The highest BCUT2D eigenvalue weighted by atomic mass is 79.9. The molecule has 7 nitrogen and oxygen atoms in total. The predicted molar refractivity (Wildman–Crippen MR) is 96.5 cm³/mol. The maximum atomic E-state index is 12.4. The predicted octanol–water partition coefficient (Wildman–Crippen LogP) is 2.23. The minimum atomic E-state index is -3.15. The zero-order chi connectivity index (χ0) is 17.9. The fourth-order valence-electron chi connectivity index (χ4n) is 2.79. The van der Waals surface area contributed by atoms with Crippen molar-refractivity contribution in [2.75, 3.05) is 18.8 Å². The van der Waals surface area contributed by atoms with E-state index in [9.17, 15) is 13.2 Å². The Morgan fingerprint density at radius 1 is 1.42 bits per heavy atom. The molecule has 1 saturated heterocycles. The molecule has 9 heteroatoms. The molecule has 2 N–H and O–H groups in total. The second kappa shape index (κ2) is 7.97. The van der Waals surface area contributed by atoms with Crippen molar-refractivity contribution in [3.05, 3.63) is 15.9 Å². The van der Waals surface area contributed by atoms with Crippen molar-refractivity contribution in [1.82, 2.24) is 19.8 Å². The number of amides is 1. The smallest absolute Gasteiger partial charge is 0.273 e. The van der Waals surface area contributed by atoms with E-state index in [2.05, 4.69) is 31.4 Å². The fraction of sp³-hybridized carbons (Fsp3) is 0.733. The molecule has 136 valence electrons. The van der Waals surface area contributed by atoms with E-state index in [4.69, 9.17) is 0 Å². The second-order valence-corrected chi connectivity index (χ2v) is 9.30. The van der Waals surface area contributed by atoms with E-state index in [1.54, 1.807) is 0 Å². The largest absolute Gasteiger partial charge is 0.348 e. The average Bonchev–Trinajstić information content (AvgIpc) is 2.89. The van der Waals surface area contributed by atoms with Crippen molar-refractivity contribution in [2.24, 2.45) is 0 Å². The summed E-state index contributed by atoms with van der Waals surface area (Å²) in [4.78, 5) is 12.4. The summed E-state index contributed by atoms with van der Waals surface area (Å²) in [5.41, 5.74) is 1.24.